The van der Waals surface area contributed by atoms with Crippen LogP contribution in [0.15, 0.2) is 42.5 Å². The van der Waals surface area contributed by atoms with E-state index in [9.17, 15) is 9.90 Å². The van der Waals surface area contributed by atoms with Crippen LogP contribution in [0.3, 0.4) is 0 Å². The van der Waals surface area contributed by atoms with Gasteiger partial charge in [0.15, 0.2) is 0 Å². The summed E-state index contributed by atoms with van der Waals surface area (Å²) < 4.78 is 5.60. The quantitative estimate of drug-likeness (QED) is 0.831. The second kappa shape index (κ2) is 6.79. The van der Waals surface area contributed by atoms with Crippen molar-refractivity contribution in [3.8, 4) is 11.5 Å². The van der Waals surface area contributed by atoms with E-state index in [-0.39, 0.29) is 17.2 Å². The van der Waals surface area contributed by atoms with Crippen molar-refractivity contribution in [2.24, 2.45) is 0 Å². The summed E-state index contributed by atoms with van der Waals surface area (Å²) in [6.07, 6.45) is 0. The Morgan fingerprint density at radius 3 is 2.67 bits per heavy atom. The Kier molecular flexibility index (Phi) is 4.82. The van der Waals surface area contributed by atoms with Crippen molar-refractivity contribution in [2.45, 2.75) is 13.8 Å². The van der Waals surface area contributed by atoms with Crippen molar-refractivity contribution >= 4 is 5.91 Å². The first-order chi connectivity index (χ1) is 10.1. The second-order valence-corrected chi connectivity index (χ2v) is 4.89. The number of nitrogens with one attached hydrogen (secondary N) is 1. The van der Waals surface area contributed by atoms with Crippen LogP contribution in [0.1, 0.15) is 21.5 Å². The molecule has 4 nitrogen and oxygen atoms in total. The zero-order valence-corrected chi connectivity index (χ0v) is 12.2. The molecule has 0 saturated heterocycles. The van der Waals surface area contributed by atoms with Gasteiger partial charge in [-0.25, -0.2) is 0 Å². The van der Waals surface area contributed by atoms with Gasteiger partial charge in [-0.2, -0.15) is 0 Å². The van der Waals surface area contributed by atoms with Crippen molar-refractivity contribution in [3.05, 3.63) is 59.2 Å². The van der Waals surface area contributed by atoms with Crippen LogP contribution in [0, 0.1) is 13.8 Å². The van der Waals surface area contributed by atoms with Crippen molar-refractivity contribution in [1.29, 1.82) is 0 Å². The lowest BCUT2D eigenvalue weighted by Gasteiger charge is -2.10. The van der Waals surface area contributed by atoms with E-state index in [4.69, 9.17) is 4.74 Å². The Labute approximate surface area is 124 Å². The van der Waals surface area contributed by atoms with E-state index >= 15 is 0 Å². The van der Waals surface area contributed by atoms with Crippen LogP contribution in [0.2, 0.25) is 0 Å². The van der Waals surface area contributed by atoms with Crippen molar-refractivity contribution in [3.63, 3.8) is 0 Å². The third kappa shape index (κ3) is 3.99. The van der Waals surface area contributed by atoms with Crippen LogP contribution in [-0.2, 0) is 0 Å². The van der Waals surface area contributed by atoms with Gasteiger partial charge in [0.2, 0.25) is 0 Å². The molecule has 2 N–H and O–H groups in total. The second-order valence-electron chi connectivity index (χ2n) is 4.89. The highest BCUT2D eigenvalue weighted by Gasteiger charge is 2.10. The van der Waals surface area contributed by atoms with E-state index in [0.717, 1.165) is 16.9 Å². The molecule has 0 aliphatic heterocycles. The minimum Gasteiger partial charge on any atom is -0.507 e. The molecule has 0 atom stereocenters. The number of phenolic OH excluding ortho intramolecular Hbond substituents is 1. The number of aryl methyl sites for hydroxylation is 2. The highest BCUT2D eigenvalue weighted by atomic mass is 16.5. The smallest absolute Gasteiger partial charge is 0.255 e. The molecular formula is C17H19NO3. The summed E-state index contributed by atoms with van der Waals surface area (Å²) in [6.45, 7) is 4.58. The monoisotopic (exact) mass is 285 g/mol. The largest absolute Gasteiger partial charge is 0.507 e. The summed E-state index contributed by atoms with van der Waals surface area (Å²) in [4.78, 5) is 11.9. The molecule has 0 radical (unpaired) electrons. The van der Waals surface area contributed by atoms with Crippen LogP contribution in [0.5, 0.6) is 11.5 Å². The van der Waals surface area contributed by atoms with E-state index in [2.05, 4.69) is 5.32 Å². The maximum absolute atomic E-state index is 11.9. The average Bonchev–Trinajstić information content (AvgIpc) is 2.45. The number of para-hydroxylation sites is 1. The van der Waals surface area contributed by atoms with E-state index in [1.54, 1.807) is 18.2 Å². The van der Waals surface area contributed by atoms with Crippen LogP contribution in [0.25, 0.3) is 0 Å². The highest BCUT2D eigenvalue weighted by Crippen LogP contribution is 2.18. The molecular weight excluding hydrogens is 266 g/mol. The van der Waals surface area contributed by atoms with Crippen LogP contribution in [-0.4, -0.2) is 24.2 Å². The predicted molar refractivity (Wildman–Crippen MR) is 81.9 cm³/mol. The van der Waals surface area contributed by atoms with Crippen molar-refractivity contribution in [2.75, 3.05) is 13.2 Å². The highest BCUT2D eigenvalue weighted by molar-refractivity contribution is 5.96. The van der Waals surface area contributed by atoms with Crippen LogP contribution >= 0.6 is 0 Å². The third-order valence-electron chi connectivity index (χ3n) is 3.14. The Morgan fingerprint density at radius 1 is 1.19 bits per heavy atom. The number of carbonyl (C=O) groups is 1. The number of benzene rings is 2. The van der Waals surface area contributed by atoms with Gasteiger partial charge in [-0.1, -0.05) is 24.3 Å². The number of aromatic hydroxyl groups is 1. The van der Waals surface area contributed by atoms with E-state index in [1.165, 1.54) is 0 Å². The summed E-state index contributed by atoms with van der Waals surface area (Å²) in [7, 11) is 0. The van der Waals surface area contributed by atoms with Gasteiger partial charge in [-0.15, -0.1) is 0 Å². The molecule has 2 aromatic carbocycles. The lowest BCUT2D eigenvalue weighted by molar-refractivity contribution is 0.0944. The number of hydrogen-bond acceptors (Lipinski definition) is 3. The normalized spacial score (nSPS) is 10.2. The summed E-state index contributed by atoms with van der Waals surface area (Å²) >= 11 is 0. The van der Waals surface area contributed by atoms with Crippen LogP contribution < -0.4 is 10.1 Å². The summed E-state index contributed by atoms with van der Waals surface area (Å²) in [6, 6.07) is 12.7. The molecule has 2 rings (SSSR count). The number of carbonyl (C=O) groups excluding carboxylic acids is 1. The molecule has 0 aromatic heterocycles. The van der Waals surface area contributed by atoms with Gasteiger partial charge in [0.05, 0.1) is 12.1 Å². The molecule has 0 fully saturated rings. The maximum Gasteiger partial charge on any atom is 0.255 e. The molecule has 110 valence electrons. The lowest BCUT2D eigenvalue weighted by Crippen LogP contribution is -2.28. The van der Waals surface area contributed by atoms with Crippen molar-refractivity contribution in [1.82, 2.24) is 5.32 Å². The molecule has 21 heavy (non-hydrogen) atoms. The van der Waals surface area contributed by atoms with E-state index < -0.39 is 0 Å². The van der Waals surface area contributed by atoms with Gasteiger partial charge in [0, 0.05) is 0 Å². The first-order valence-electron chi connectivity index (χ1n) is 6.84. The van der Waals surface area contributed by atoms with E-state index in [1.807, 2.05) is 38.1 Å². The minimum absolute atomic E-state index is 0.00711. The Morgan fingerprint density at radius 2 is 1.95 bits per heavy atom. The topological polar surface area (TPSA) is 58.6 Å². The van der Waals surface area contributed by atoms with Gasteiger partial charge in [0.1, 0.15) is 18.1 Å². The summed E-state index contributed by atoms with van der Waals surface area (Å²) in [5, 5.41) is 12.5. The van der Waals surface area contributed by atoms with Gasteiger partial charge < -0.3 is 15.2 Å². The lowest BCUT2D eigenvalue weighted by atomic mass is 10.1. The van der Waals surface area contributed by atoms with Gasteiger partial charge in [-0.3, -0.25) is 4.79 Å². The molecule has 2 aromatic rings. The molecule has 4 heteroatoms. The molecule has 0 aliphatic rings. The number of hydrogen-bond donors (Lipinski definition) is 2. The molecule has 0 saturated carbocycles. The first kappa shape index (κ1) is 14.9. The fraction of sp³-hybridized carbons (Fsp3) is 0.235. The SMILES string of the molecule is Cc1ccc(C(=O)NCCOc2ccccc2C)c(O)c1. The number of amides is 1. The standard InChI is InChI=1S/C17H19NO3/c1-12-7-8-14(15(19)11-12)17(20)18-9-10-21-16-6-4-3-5-13(16)2/h3-8,11,19H,9-10H2,1-2H3,(H,18,20). The number of phenols is 1. The minimum atomic E-state index is -0.305. The van der Waals surface area contributed by atoms with Crippen molar-refractivity contribution < 1.29 is 14.6 Å². The number of ether oxygens (including phenoxy) is 1. The summed E-state index contributed by atoms with van der Waals surface area (Å²) in [5.41, 5.74) is 2.24. The van der Waals surface area contributed by atoms with Gasteiger partial charge in [-0.05, 0) is 43.2 Å². The molecule has 0 heterocycles. The average molecular weight is 285 g/mol. The maximum atomic E-state index is 11.9. The summed E-state index contributed by atoms with van der Waals surface area (Å²) in [5.74, 6) is 0.498. The van der Waals surface area contributed by atoms with Gasteiger partial charge >= 0.3 is 0 Å². The third-order valence-corrected chi connectivity index (χ3v) is 3.14. The Hall–Kier alpha value is -2.49. The fourth-order valence-electron chi connectivity index (χ4n) is 1.97. The van der Waals surface area contributed by atoms with Crippen LogP contribution in [0.4, 0.5) is 0 Å². The Bertz CT molecular complexity index is 638. The fourth-order valence-corrected chi connectivity index (χ4v) is 1.97. The zero-order chi connectivity index (χ0) is 15.2. The number of rotatable bonds is 5. The Balaban J connectivity index is 1.83. The zero-order valence-electron chi connectivity index (χ0n) is 12.2. The van der Waals surface area contributed by atoms with Gasteiger partial charge in [0.25, 0.3) is 5.91 Å². The first-order valence-corrected chi connectivity index (χ1v) is 6.84. The van der Waals surface area contributed by atoms with E-state index in [0.29, 0.717) is 13.2 Å². The molecule has 0 aliphatic carbocycles. The molecule has 0 spiro atoms. The molecule has 0 unspecified atom stereocenters. The molecule has 1 amide bonds. The molecule has 0 bridgehead atoms. The predicted octanol–water partition coefficient (Wildman–Crippen LogP) is 2.82.